The highest BCUT2D eigenvalue weighted by Gasteiger charge is 2.05. The third kappa shape index (κ3) is 3.06. The van der Waals surface area contributed by atoms with Gasteiger partial charge in [0.05, 0.1) is 21.8 Å². The molecule has 2 aromatic rings. The van der Waals surface area contributed by atoms with Crippen molar-refractivity contribution in [3.8, 4) is 12.1 Å². The number of nitrogens with zero attached hydrogens (tertiary/aromatic N) is 2. The fraction of sp³-hybridized carbons (Fsp3) is 0. The van der Waals surface area contributed by atoms with Crippen molar-refractivity contribution in [2.24, 2.45) is 0 Å². The Hall–Kier alpha value is -2.01. The second-order valence-electron chi connectivity index (χ2n) is 3.73. The summed E-state index contributed by atoms with van der Waals surface area (Å²) in [7, 11) is 0. The van der Waals surface area contributed by atoms with Gasteiger partial charge in [0.15, 0.2) is 0 Å². The average molecular weight is 333 g/mol. The highest BCUT2D eigenvalue weighted by atomic mass is 79.9. The van der Waals surface area contributed by atoms with Crippen molar-refractivity contribution in [3.05, 3.63) is 57.0 Å². The van der Waals surface area contributed by atoms with Crippen molar-refractivity contribution in [3.63, 3.8) is 0 Å². The summed E-state index contributed by atoms with van der Waals surface area (Å²) in [5, 5.41) is 21.3. The van der Waals surface area contributed by atoms with E-state index in [4.69, 9.17) is 22.1 Å². The predicted molar refractivity (Wildman–Crippen MR) is 78.3 cm³/mol. The Morgan fingerprint density at radius 2 is 1.68 bits per heavy atom. The van der Waals surface area contributed by atoms with E-state index in [1.54, 1.807) is 30.3 Å². The van der Waals surface area contributed by atoms with Gasteiger partial charge in [-0.15, -0.1) is 0 Å². The van der Waals surface area contributed by atoms with Crippen molar-refractivity contribution < 1.29 is 0 Å². The Kier molecular flexibility index (Phi) is 4.06. The summed E-state index contributed by atoms with van der Waals surface area (Å²) < 4.78 is 0.869. The molecule has 0 aromatic heterocycles. The number of hydrogen-bond donors (Lipinski definition) is 1. The number of rotatable bonds is 2. The molecule has 0 aliphatic carbocycles. The molecule has 0 atom stereocenters. The summed E-state index contributed by atoms with van der Waals surface area (Å²) in [6.45, 7) is 0. The van der Waals surface area contributed by atoms with Crippen LogP contribution >= 0.6 is 27.5 Å². The van der Waals surface area contributed by atoms with Crippen molar-refractivity contribution >= 4 is 38.9 Å². The Morgan fingerprint density at radius 3 is 2.32 bits per heavy atom. The standard InChI is InChI=1S/C14H7BrClN3/c15-11-3-1-10(8-18)14(5-11)19-12-4-2-9(7-17)13(16)6-12/h1-6,19H. The number of benzene rings is 2. The van der Waals surface area contributed by atoms with Crippen molar-refractivity contribution in [1.82, 2.24) is 0 Å². The molecule has 0 saturated carbocycles. The monoisotopic (exact) mass is 331 g/mol. The van der Waals surface area contributed by atoms with E-state index >= 15 is 0 Å². The molecule has 5 heteroatoms. The second-order valence-corrected chi connectivity index (χ2v) is 5.06. The van der Waals surface area contributed by atoms with Crippen molar-refractivity contribution in [1.29, 1.82) is 10.5 Å². The third-order valence-electron chi connectivity index (χ3n) is 2.47. The zero-order valence-corrected chi connectivity index (χ0v) is 12.0. The number of halogens is 2. The fourth-order valence-electron chi connectivity index (χ4n) is 1.56. The molecule has 92 valence electrons. The van der Waals surface area contributed by atoms with Crippen molar-refractivity contribution in [2.75, 3.05) is 5.32 Å². The highest BCUT2D eigenvalue weighted by molar-refractivity contribution is 9.10. The Bertz CT molecular complexity index is 714. The molecule has 0 unspecified atom stereocenters. The van der Waals surface area contributed by atoms with Crippen LogP contribution in [0.5, 0.6) is 0 Å². The van der Waals surface area contributed by atoms with Crippen LogP contribution in [0.3, 0.4) is 0 Å². The molecule has 0 aliphatic heterocycles. The summed E-state index contributed by atoms with van der Waals surface area (Å²) in [5.41, 5.74) is 2.35. The van der Waals surface area contributed by atoms with Crippen LogP contribution in [-0.2, 0) is 0 Å². The van der Waals surface area contributed by atoms with Crippen molar-refractivity contribution in [2.45, 2.75) is 0 Å². The minimum Gasteiger partial charge on any atom is -0.354 e. The van der Waals surface area contributed by atoms with E-state index in [9.17, 15) is 0 Å². The van der Waals surface area contributed by atoms with E-state index in [2.05, 4.69) is 27.3 Å². The predicted octanol–water partition coefficient (Wildman–Crippen LogP) is 4.59. The van der Waals surface area contributed by atoms with Gasteiger partial charge in [-0.2, -0.15) is 10.5 Å². The fourth-order valence-corrected chi connectivity index (χ4v) is 2.14. The van der Waals surface area contributed by atoms with Crippen LogP contribution in [0.15, 0.2) is 40.9 Å². The molecule has 0 saturated heterocycles. The second kappa shape index (κ2) is 5.75. The lowest BCUT2D eigenvalue weighted by Crippen LogP contribution is -1.94. The molecule has 2 aromatic carbocycles. The van der Waals surface area contributed by atoms with E-state index in [0.29, 0.717) is 21.8 Å². The summed E-state index contributed by atoms with van der Waals surface area (Å²) in [6.07, 6.45) is 0. The van der Waals surface area contributed by atoms with Crippen LogP contribution < -0.4 is 5.32 Å². The molecule has 0 fully saturated rings. The first-order valence-electron chi connectivity index (χ1n) is 5.30. The summed E-state index contributed by atoms with van der Waals surface area (Å²) in [4.78, 5) is 0. The van der Waals surface area contributed by atoms with Crippen LogP contribution in [0.1, 0.15) is 11.1 Å². The molecule has 0 heterocycles. The molecule has 2 rings (SSSR count). The highest BCUT2D eigenvalue weighted by Crippen LogP contribution is 2.27. The SMILES string of the molecule is N#Cc1ccc(Nc2cc(Br)ccc2C#N)cc1Cl. The molecular formula is C14H7BrClN3. The smallest absolute Gasteiger partial charge is 0.101 e. The topological polar surface area (TPSA) is 59.6 Å². The van der Waals surface area contributed by atoms with E-state index in [-0.39, 0.29) is 0 Å². The van der Waals surface area contributed by atoms with Crippen LogP contribution in [0.25, 0.3) is 0 Å². The van der Waals surface area contributed by atoms with Crippen LogP contribution in [0.4, 0.5) is 11.4 Å². The minimum atomic E-state index is 0.376. The van der Waals surface area contributed by atoms with E-state index in [0.717, 1.165) is 10.2 Å². The first-order valence-corrected chi connectivity index (χ1v) is 6.47. The Labute approximate surface area is 124 Å². The Balaban J connectivity index is 2.37. The van der Waals surface area contributed by atoms with Crippen LogP contribution in [0.2, 0.25) is 5.02 Å². The summed E-state index contributed by atoms with van der Waals surface area (Å²) in [6, 6.07) is 14.5. The molecule has 0 bridgehead atoms. The van der Waals surface area contributed by atoms with Crippen LogP contribution in [-0.4, -0.2) is 0 Å². The number of hydrogen-bond acceptors (Lipinski definition) is 3. The van der Waals surface area contributed by atoms with Gasteiger partial charge in [0.1, 0.15) is 12.1 Å². The van der Waals surface area contributed by atoms with Gasteiger partial charge in [0, 0.05) is 10.2 Å². The lowest BCUT2D eigenvalue weighted by molar-refractivity contribution is 1.44. The number of anilines is 2. The first kappa shape index (κ1) is 13.4. The van der Waals surface area contributed by atoms with Gasteiger partial charge < -0.3 is 5.32 Å². The van der Waals surface area contributed by atoms with Crippen LogP contribution in [0, 0.1) is 22.7 Å². The van der Waals surface area contributed by atoms with Gasteiger partial charge in [-0.25, -0.2) is 0 Å². The average Bonchev–Trinajstić information content (AvgIpc) is 2.39. The maximum atomic E-state index is 9.05. The largest absolute Gasteiger partial charge is 0.354 e. The van der Waals surface area contributed by atoms with E-state index in [1.165, 1.54) is 0 Å². The Morgan fingerprint density at radius 1 is 1.00 bits per heavy atom. The summed E-state index contributed by atoms with van der Waals surface area (Å²) in [5.74, 6) is 0. The van der Waals surface area contributed by atoms with Gasteiger partial charge in [-0.3, -0.25) is 0 Å². The molecule has 0 amide bonds. The molecule has 3 nitrogen and oxygen atoms in total. The first-order chi connectivity index (χ1) is 9.13. The van der Waals surface area contributed by atoms with Gasteiger partial charge >= 0.3 is 0 Å². The number of nitrogens with one attached hydrogen (secondary N) is 1. The van der Waals surface area contributed by atoms with Gasteiger partial charge in [0.25, 0.3) is 0 Å². The van der Waals surface area contributed by atoms with E-state index in [1.807, 2.05) is 12.1 Å². The molecule has 19 heavy (non-hydrogen) atoms. The van der Waals surface area contributed by atoms with E-state index < -0.39 is 0 Å². The summed E-state index contributed by atoms with van der Waals surface area (Å²) >= 11 is 9.32. The lowest BCUT2D eigenvalue weighted by atomic mass is 10.1. The minimum absolute atomic E-state index is 0.376. The normalized spacial score (nSPS) is 9.47. The zero-order chi connectivity index (χ0) is 13.8. The molecule has 0 aliphatic rings. The maximum absolute atomic E-state index is 9.05. The molecule has 0 radical (unpaired) electrons. The zero-order valence-electron chi connectivity index (χ0n) is 9.61. The third-order valence-corrected chi connectivity index (χ3v) is 3.28. The maximum Gasteiger partial charge on any atom is 0.101 e. The van der Waals surface area contributed by atoms with Gasteiger partial charge in [0.2, 0.25) is 0 Å². The number of nitriles is 2. The molecular weight excluding hydrogens is 326 g/mol. The lowest BCUT2D eigenvalue weighted by Gasteiger charge is -2.09. The quantitative estimate of drug-likeness (QED) is 0.875. The molecule has 1 N–H and O–H groups in total. The van der Waals surface area contributed by atoms with Gasteiger partial charge in [-0.1, -0.05) is 27.5 Å². The molecule has 0 spiro atoms. The van der Waals surface area contributed by atoms with Gasteiger partial charge in [-0.05, 0) is 36.4 Å².